The zero-order valence-electron chi connectivity index (χ0n) is 13.0. The first-order valence-electron chi connectivity index (χ1n) is 7.69. The number of nitro groups is 1. The Kier molecular flexibility index (Phi) is 6.68. The van der Waals surface area contributed by atoms with Crippen LogP contribution in [0.3, 0.4) is 0 Å². The summed E-state index contributed by atoms with van der Waals surface area (Å²) in [4.78, 5) is 21.9. The second-order valence-electron chi connectivity index (χ2n) is 5.63. The van der Waals surface area contributed by atoms with Crippen molar-refractivity contribution in [3.05, 3.63) is 32.3 Å². The average Bonchev–Trinajstić information content (AvgIpc) is 2.56. The van der Waals surface area contributed by atoms with Crippen molar-refractivity contribution in [1.29, 1.82) is 0 Å². The fourth-order valence-electron chi connectivity index (χ4n) is 2.60. The van der Waals surface area contributed by atoms with Gasteiger partial charge in [-0.2, -0.15) is 5.10 Å². The Morgan fingerprint density at radius 2 is 2.12 bits per heavy atom. The summed E-state index contributed by atoms with van der Waals surface area (Å²) in [5, 5.41) is 27.6. The molecule has 0 unspecified atom stereocenters. The van der Waals surface area contributed by atoms with E-state index in [1.807, 2.05) is 0 Å². The Labute approximate surface area is 147 Å². The summed E-state index contributed by atoms with van der Waals surface area (Å²) >= 11 is 3.13. The van der Waals surface area contributed by atoms with Crippen LogP contribution in [0, 0.1) is 10.1 Å². The van der Waals surface area contributed by atoms with Crippen LogP contribution in [-0.2, 0) is 4.79 Å². The standard InChI is InChI=1S/C15H19BrN4O4/c16-11-6-10(15(22)13(7-11)20(23)24)8-18-19-14(21)9-17-12-4-2-1-3-5-12/h6-8,12,17,22H,1-5,9H2,(H,19,21)/b18-8-. The molecule has 1 aromatic carbocycles. The third kappa shape index (κ3) is 5.27. The van der Waals surface area contributed by atoms with E-state index in [1.54, 1.807) is 0 Å². The van der Waals surface area contributed by atoms with E-state index in [9.17, 15) is 20.0 Å². The summed E-state index contributed by atoms with van der Waals surface area (Å²) < 4.78 is 0.429. The molecule has 0 spiro atoms. The lowest BCUT2D eigenvalue weighted by Crippen LogP contribution is -2.38. The molecular formula is C15H19BrN4O4. The van der Waals surface area contributed by atoms with Gasteiger partial charge in [-0.1, -0.05) is 35.2 Å². The average molecular weight is 399 g/mol. The summed E-state index contributed by atoms with van der Waals surface area (Å²) in [5.74, 6) is -0.803. The summed E-state index contributed by atoms with van der Waals surface area (Å²) in [5.41, 5.74) is 2.04. The van der Waals surface area contributed by atoms with Crippen LogP contribution in [-0.4, -0.2) is 34.7 Å². The maximum atomic E-state index is 11.7. The molecule has 1 aromatic rings. The molecule has 0 aromatic heterocycles. The lowest BCUT2D eigenvalue weighted by Gasteiger charge is -2.22. The van der Waals surface area contributed by atoms with Gasteiger partial charge in [-0.3, -0.25) is 14.9 Å². The number of hydrogen-bond acceptors (Lipinski definition) is 6. The molecule has 1 aliphatic carbocycles. The summed E-state index contributed by atoms with van der Waals surface area (Å²) in [6.45, 7) is 0.159. The molecule has 0 atom stereocenters. The Hall–Kier alpha value is -2.00. The van der Waals surface area contributed by atoms with Gasteiger partial charge < -0.3 is 10.4 Å². The number of halogens is 1. The van der Waals surface area contributed by atoms with Crippen LogP contribution in [0.1, 0.15) is 37.7 Å². The predicted octanol–water partition coefficient (Wildman–Crippen LogP) is 2.44. The predicted molar refractivity (Wildman–Crippen MR) is 93.1 cm³/mol. The Bertz CT molecular complexity index is 645. The van der Waals surface area contributed by atoms with Crippen molar-refractivity contribution in [1.82, 2.24) is 10.7 Å². The molecule has 1 fully saturated rings. The van der Waals surface area contributed by atoms with E-state index in [1.165, 1.54) is 37.6 Å². The molecule has 8 nitrogen and oxygen atoms in total. The number of benzene rings is 1. The molecule has 1 saturated carbocycles. The quantitative estimate of drug-likeness (QED) is 0.386. The van der Waals surface area contributed by atoms with E-state index >= 15 is 0 Å². The molecule has 24 heavy (non-hydrogen) atoms. The molecule has 130 valence electrons. The van der Waals surface area contributed by atoms with E-state index in [0.717, 1.165) is 12.8 Å². The Morgan fingerprint density at radius 3 is 2.79 bits per heavy atom. The molecule has 0 aliphatic heterocycles. The zero-order chi connectivity index (χ0) is 17.5. The second kappa shape index (κ2) is 8.74. The second-order valence-corrected chi connectivity index (χ2v) is 6.54. The molecular weight excluding hydrogens is 380 g/mol. The molecule has 0 heterocycles. The molecule has 9 heteroatoms. The minimum absolute atomic E-state index is 0.136. The Balaban J connectivity index is 1.89. The lowest BCUT2D eigenvalue weighted by molar-refractivity contribution is -0.385. The van der Waals surface area contributed by atoms with Crippen LogP contribution in [0.2, 0.25) is 0 Å². The largest absolute Gasteiger partial charge is 0.502 e. The van der Waals surface area contributed by atoms with E-state index in [2.05, 4.69) is 31.8 Å². The number of hydrazone groups is 1. The van der Waals surface area contributed by atoms with Gasteiger partial charge in [-0.15, -0.1) is 0 Å². The monoisotopic (exact) mass is 398 g/mol. The number of phenols is 1. The number of aromatic hydroxyl groups is 1. The number of nitrogens with one attached hydrogen (secondary N) is 2. The molecule has 2 rings (SSSR count). The first-order chi connectivity index (χ1) is 11.5. The molecule has 0 radical (unpaired) electrons. The maximum absolute atomic E-state index is 11.7. The van der Waals surface area contributed by atoms with Crippen molar-refractivity contribution < 1.29 is 14.8 Å². The van der Waals surface area contributed by atoms with Gasteiger partial charge in [0.1, 0.15) is 0 Å². The number of hydrogen-bond donors (Lipinski definition) is 3. The SMILES string of the molecule is O=C(CNC1CCCCC1)N/N=C\c1cc(Br)cc([N+](=O)[O-])c1O. The number of carbonyl (C=O) groups is 1. The van der Waals surface area contributed by atoms with Crippen molar-refractivity contribution in [2.24, 2.45) is 5.10 Å². The van der Waals surface area contributed by atoms with Crippen LogP contribution in [0.5, 0.6) is 5.75 Å². The van der Waals surface area contributed by atoms with Crippen molar-refractivity contribution >= 4 is 33.7 Å². The van der Waals surface area contributed by atoms with Crippen molar-refractivity contribution in [2.45, 2.75) is 38.1 Å². The Morgan fingerprint density at radius 1 is 1.42 bits per heavy atom. The van der Waals surface area contributed by atoms with Gasteiger partial charge in [0.05, 0.1) is 17.7 Å². The van der Waals surface area contributed by atoms with Gasteiger partial charge in [0.25, 0.3) is 5.91 Å². The maximum Gasteiger partial charge on any atom is 0.312 e. The summed E-state index contributed by atoms with van der Waals surface area (Å²) in [6, 6.07) is 3.03. The number of nitro benzene ring substituents is 1. The van der Waals surface area contributed by atoms with E-state index in [0.29, 0.717) is 10.5 Å². The highest BCUT2D eigenvalue weighted by Crippen LogP contribution is 2.32. The molecule has 3 N–H and O–H groups in total. The van der Waals surface area contributed by atoms with Gasteiger partial charge in [0.2, 0.25) is 5.75 Å². The number of carbonyl (C=O) groups excluding carboxylic acids is 1. The highest BCUT2D eigenvalue weighted by Gasteiger charge is 2.17. The minimum atomic E-state index is -0.690. The van der Waals surface area contributed by atoms with Gasteiger partial charge >= 0.3 is 5.69 Å². The van der Waals surface area contributed by atoms with E-state index < -0.39 is 16.4 Å². The van der Waals surface area contributed by atoms with E-state index in [4.69, 9.17) is 0 Å². The number of nitrogens with zero attached hydrogens (tertiary/aromatic N) is 2. The van der Waals surface area contributed by atoms with Gasteiger partial charge in [-0.05, 0) is 18.9 Å². The van der Waals surface area contributed by atoms with Gasteiger partial charge in [0.15, 0.2) is 0 Å². The van der Waals surface area contributed by atoms with E-state index in [-0.39, 0.29) is 18.0 Å². The van der Waals surface area contributed by atoms with Crippen LogP contribution in [0.25, 0.3) is 0 Å². The van der Waals surface area contributed by atoms with Crippen LogP contribution in [0.15, 0.2) is 21.7 Å². The number of rotatable bonds is 6. The minimum Gasteiger partial charge on any atom is -0.502 e. The zero-order valence-corrected chi connectivity index (χ0v) is 14.6. The summed E-state index contributed by atoms with van der Waals surface area (Å²) in [7, 11) is 0. The van der Waals surface area contributed by atoms with Crippen molar-refractivity contribution in [2.75, 3.05) is 6.54 Å². The summed E-state index contributed by atoms with van der Waals surface area (Å²) in [6.07, 6.45) is 6.93. The molecule has 1 amide bonds. The topological polar surface area (TPSA) is 117 Å². The normalized spacial score (nSPS) is 15.5. The van der Waals surface area contributed by atoms with Gasteiger partial charge in [-0.25, -0.2) is 5.43 Å². The van der Waals surface area contributed by atoms with Crippen LogP contribution >= 0.6 is 15.9 Å². The highest BCUT2D eigenvalue weighted by atomic mass is 79.9. The van der Waals surface area contributed by atoms with Crippen LogP contribution in [0.4, 0.5) is 5.69 Å². The number of phenolic OH excluding ortho intramolecular Hbond substituents is 1. The molecule has 0 bridgehead atoms. The third-order valence-electron chi connectivity index (χ3n) is 3.83. The first kappa shape index (κ1) is 18.3. The highest BCUT2D eigenvalue weighted by molar-refractivity contribution is 9.10. The molecule has 1 aliphatic rings. The van der Waals surface area contributed by atoms with Gasteiger partial charge in [0, 0.05) is 22.1 Å². The third-order valence-corrected chi connectivity index (χ3v) is 4.29. The van der Waals surface area contributed by atoms with Crippen molar-refractivity contribution in [3.63, 3.8) is 0 Å². The lowest BCUT2D eigenvalue weighted by atomic mass is 9.95. The first-order valence-corrected chi connectivity index (χ1v) is 8.49. The fraction of sp³-hybridized carbons (Fsp3) is 0.467. The fourth-order valence-corrected chi connectivity index (χ4v) is 3.06. The number of amides is 1. The van der Waals surface area contributed by atoms with Crippen LogP contribution < -0.4 is 10.7 Å². The smallest absolute Gasteiger partial charge is 0.312 e. The van der Waals surface area contributed by atoms with Crippen molar-refractivity contribution in [3.8, 4) is 5.75 Å². The molecule has 0 saturated heterocycles.